The van der Waals surface area contributed by atoms with Gasteiger partial charge in [0.15, 0.2) is 0 Å². The Hall–Kier alpha value is -3.95. The third kappa shape index (κ3) is 5.49. The maximum atomic E-state index is 13.3. The van der Waals surface area contributed by atoms with Crippen molar-refractivity contribution in [1.82, 2.24) is 10.4 Å². The molecule has 0 saturated heterocycles. The van der Waals surface area contributed by atoms with Gasteiger partial charge in [0.05, 0.1) is 11.8 Å². The highest BCUT2D eigenvalue weighted by atomic mass is 127. The predicted octanol–water partition coefficient (Wildman–Crippen LogP) is 7.38. The first-order valence-corrected chi connectivity index (χ1v) is 13.1. The van der Waals surface area contributed by atoms with Crippen molar-refractivity contribution in [3.8, 4) is 16.9 Å². The quantitative estimate of drug-likeness (QED) is 0.0673. The van der Waals surface area contributed by atoms with Gasteiger partial charge in [0.2, 0.25) is 0 Å². The van der Waals surface area contributed by atoms with Gasteiger partial charge in [-0.1, -0.05) is 59.6 Å². The number of hydrogen-bond acceptors (Lipinski definition) is 4. The number of esters is 1. The van der Waals surface area contributed by atoms with Gasteiger partial charge in [-0.2, -0.15) is 5.10 Å². The highest BCUT2D eigenvalue weighted by Crippen LogP contribution is 2.37. The molecular weight excluding hydrogens is 613 g/mol. The predicted molar refractivity (Wildman–Crippen MR) is 159 cm³/mol. The summed E-state index contributed by atoms with van der Waals surface area (Å²) in [5, 5.41) is 5.56. The number of para-hydroxylation sites is 1. The molecule has 5 rings (SSSR count). The second kappa shape index (κ2) is 11.2. The molecule has 0 spiro atoms. The molecule has 0 aliphatic carbocycles. The Balaban J connectivity index is 1.40. The number of carbonyl (C=O) groups excluding carboxylic acids is 2. The zero-order valence-corrected chi connectivity index (χ0v) is 23.1. The molecule has 6 nitrogen and oxygen atoms in total. The summed E-state index contributed by atoms with van der Waals surface area (Å²) in [7, 11) is 0. The second-order valence-corrected chi connectivity index (χ2v) is 10.2. The molecule has 0 unspecified atom stereocenters. The fourth-order valence-corrected chi connectivity index (χ4v) is 4.74. The van der Waals surface area contributed by atoms with E-state index < -0.39 is 11.9 Å². The van der Waals surface area contributed by atoms with Gasteiger partial charge in [0.1, 0.15) is 11.4 Å². The Morgan fingerprint density at radius 2 is 1.71 bits per heavy atom. The molecule has 188 valence electrons. The zero-order valence-electron chi connectivity index (χ0n) is 20.2. The van der Waals surface area contributed by atoms with Crippen LogP contribution in [0.5, 0.6) is 5.75 Å². The molecule has 1 amide bonds. The third-order valence-electron chi connectivity index (χ3n) is 5.91. The van der Waals surface area contributed by atoms with Crippen molar-refractivity contribution in [3.63, 3.8) is 0 Å². The van der Waals surface area contributed by atoms with Gasteiger partial charge in [0, 0.05) is 36.2 Å². The molecule has 0 aliphatic rings. The number of ether oxygens (including phenoxy) is 1. The molecular formula is C30H21ClIN3O3. The summed E-state index contributed by atoms with van der Waals surface area (Å²) in [5.74, 6) is -0.587. The van der Waals surface area contributed by atoms with Crippen LogP contribution in [0, 0.1) is 10.5 Å². The molecule has 0 saturated carbocycles. The van der Waals surface area contributed by atoms with Gasteiger partial charge in [-0.05, 0) is 78.0 Å². The molecule has 0 bridgehead atoms. The molecule has 2 N–H and O–H groups in total. The molecule has 8 heteroatoms. The molecule has 1 aromatic heterocycles. The van der Waals surface area contributed by atoms with Crippen LogP contribution < -0.4 is 10.2 Å². The topological polar surface area (TPSA) is 83.5 Å². The number of amides is 1. The highest BCUT2D eigenvalue weighted by molar-refractivity contribution is 14.1. The molecule has 38 heavy (non-hydrogen) atoms. The van der Waals surface area contributed by atoms with Crippen LogP contribution in [0.25, 0.3) is 22.0 Å². The van der Waals surface area contributed by atoms with Crippen LogP contribution >= 0.6 is 34.2 Å². The minimum atomic E-state index is -0.480. The van der Waals surface area contributed by atoms with E-state index in [0.717, 1.165) is 25.6 Å². The van der Waals surface area contributed by atoms with Crippen LogP contribution in [0.2, 0.25) is 5.02 Å². The largest absolute Gasteiger partial charge is 0.422 e. The van der Waals surface area contributed by atoms with Crippen molar-refractivity contribution in [2.75, 3.05) is 0 Å². The number of benzene rings is 4. The van der Waals surface area contributed by atoms with Crippen molar-refractivity contribution in [2.24, 2.45) is 5.10 Å². The van der Waals surface area contributed by atoms with E-state index in [1.807, 2.05) is 55.5 Å². The Kier molecular flexibility index (Phi) is 7.57. The van der Waals surface area contributed by atoms with E-state index in [2.05, 4.69) is 38.1 Å². The molecule has 5 aromatic rings. The fourth-order valence-electron chi connectivity index (χ4n) is 4.02. The molecule has 0 radical (unpaired) electrons. The summed E-state index contributed by atoms with van der Waals surface area (Å²) in [6.45, 7) is 1.95. The first-order valence-electron chi connectivity index (χ1n) is 11.7. The summed E-state index contributed by atoms with van der Waals surface area (Å²) in [6, 6.07) is 27.4. The van der Waals surface area contributed by atoms with E-state index in [0.29, 0.717) is 33.2 Å². The lowest BCUT2D eigenvalue weighted by atomic mass is 10.0. The number of aromatic amines is 1. The lowest BCUT2D eigenvalue weighted by Gasteiger charge is -2.08. The summed E-state index contributed by atoms with van der Waals surface area (Å²) >= 11 is 8.75. The van der Waals surface area contributed by atoms with Crippen molar-refractivity contribution in [3.05, 3.63) is 122 Å². The Labute approximate surface area is 237 Å². The van der Waals surface area contributed by atoms with Crippen LogP contribution in [0.15, 0.2) is 96.1 Å². The van der Waals surface area contributed by atoms with E-state index >= 15 is 0 Å². The van der Waals surface area contributed by atoms with Crippen molar-refractivity contribution in [2.45, 2.75) is 6.92 Å². The number of nitrogens with one attached hydrogen (secondary N) is 2. The van der Waals surface area contributed by atoms with Gasteiger partial charge < -0.3 is 9.72 Å². The maximum absolute atomic E-state index is 13.3. The molecule has 4 aromatic carbocycles. The Morgan fingerprint density at radius 3 is 2.50 bits per heavy atom. The van der Waals surface area contributed by atoms with Gasteiger partial charge in [-0.15, -0.1) is 0 Å². The molecule has 0 aliphatic heterocycles. The van der Waals surface area contributed by atoms with Crippen molar-refractivity contribution >= 4 is 63.2 Å². The number of fused-ring (bicyclic) bond motifs is 1. The van der Waals surface area contributed by atoms with E-state index in [1.165, 1.54) is 6.21 Å². The van der Waals surface area contributed by atoms with Crippen LogP contribution in [0.4, 0.5) is 0 Å². The SMILES string of the molecule is Cc1ccc(C(=O)Oc2ccccc2C=NNC(=O)c2[nH]c3ccc(I)cc3c2-c2ccccc2Cl)cc1. The Bertz CT molecular complexity index is 1690. The average Bonchev–Trinajstić information content (AvgIpc) is 3.28. The summed E-state index contributed by atoms with van der Waals surface area (Å²) in [5.41, 5.74) is 7.19. The van der Waals surface area contributed by atoms with E-state index in [1.54, 1.807) is 42.5 Å². The lowest BCUT2D eigenvalue weighted by Crippen LogP contribution is -2.19. The van der Waals surface area contributed by atoms with Crippen molar-refractivity contribution < 1.29 is 14.3 Å². The first kappa shape index (κ1) is 25.7. The number of halogens is 2. The third-order valence-corrected chi connectivity index (χ3v) is 6.91. The minimum Gasteiger partial charge on any atom is -0.422 e. The molecule has 0 atom stereocenters. The number of rotatable bonds is 6. The normalized spacial score (nSPS) is 11.1. The Morgan fingerprint density at radius 1 is 0.974 bits per heavy atom. The monoisotopic (exact) mass is 633 g/mol. The zero-order chi connectivity index (χ0) is 26.6. The standard InChI is InChI=1S/C30H21ClIN3O3/c1-18-10-12-19(13-11-18)30(37)38-26-9-5-2-6-20(26)17-33-35-29(36)28-27(22-7-3-4-8-24(22)31)23-16-21(32)14-15-25(23)34-28/h2-17,34H,1H3,(H,35,36). The van der Waals surface area contributed by atoms with Crippen molar-refractivity contribution in [1.29, 1.82) is 0 Å². The van der Waals surface area contributed by atoms with Gasteiger partial charge in [0.25, 0.3) is 5.91 Å². The summed E-state index contributed by atoms with van der Waals surface area (Å²) in [4.78, 5) is 29.1. The smallest absolute Gasteiger partial charge is 0.343 e. The highest BCUT2D eigenvalue weighted by Gasteiger charge is 2.21. The summed E-state index contributed by atoms with van der Waals surface area (Å²) < 4.78 is 6.62. The lowest BCUT2D eigenvalue weighted by molar-refractivity contribution is 0.0734. The molecule has 1 heterocycles. The summed E-state index contributed by atoms with van der Waals surface area (Å²) in [6.07, 6.45) is 1.44. The second-order valence-electron chi connectivity index (χ2n) is 8.54. The number of aromatic nitrogens is 1. The van der Waals surface area contributed by atoms with E-state index in [-0.39, 0.29) is 0 Å². The van der Waals surface area contributed by atoms with Crippen LogP contribution in [-0.2, 0) is 0 Å². The maximum Gasteiger partial charge on any atom is 0.343 e. The number of carbonyl (C=O) groups is 2. The average molecular weight is 634 g/mol. The minimum absolute atomic E-state index is 0.327. The molecule has 0 fully saturated rings. The van der Waals surface area contributed by atoms with Gasteiger partial charge >= 0.3 is 5.97 Å². The first-order chi connectivity index (χ1) is 18.4. The number of hydrazone groups is 1. The van der Waals surface area contributed by atoms with E-state index in [9.17, 15) is 9.59 Å². The van der Waals surface area contributed by atoms with Crippen LogP contribution in [0.1, 0.15) is 32.0 Å². The van der Waals surface area contributed by atoms with Crippen LogP contribution in [0.3, 0.4) is 0 Å². The number of H-pyrrole nitrogens is 1. The van der Waals surface area contributed by atoms with Gasteiger partial charge in [-0.3, -0.25) is 4.79 Å². The van der Waals surface area contributed by atoms with E-state index in [4.69, 9.17) is 16.3 Å². The number of aryl methyl sites for hydroxylation is 1. The number of nitrogens with zero attached hydrogens (tertiary/aromatic N) is 1. The van der Waals surface area contributed by atoms with Crippen LogP contribution in [-0.4, -0.2) is 23.1 Å². The van der Waals surface area contributed by atoms with Gasteiger partial charge in [-0.25, -0.2) is 10.2 Å². The fraction of sp³-hybridized carbons (Fsp3) is 0.0333. The number of hydrogen-bond donors (Lipinski definition) is 2.